The highest BCUT2D eigenvalue weighted by Gasteiger charge is 2.37. The molecule has 16 nitrogen and oxygen atoms in total. The molecule has 2 saturated heterocycles. The predicted molar refractivity (Wildman–Crippen MR) is 308 cm³/mol. The molecule has 2 fully saturated rings. The van der Waals surface area contributed by atoms with E-state index in [1.165, 1.54) is 25.7 Å². The third kappa shape index (κ3) is 36.9. The third-order valence-corrected chi connectivity index (χ3v) is 15.5. The number of unbranched alkanes of at least 4 members (excludes halogenated alkanes) is 20. The molecule has 0 saturated carbocycles. The number of esters is 6. The molecule has 2 heterocycles. The molecule has 1 unspecified atom stereocenters. The van der Waals surface area contributed by atoms with Gasteiger partial charge in [0.05, 0.1) is 51.4 Å². The molecule has 3 atom stereocenters. The zero-order valence-corrected chi connectivity index (χ0v) is 50.5. The highest BCUT2D eigenvalue weighted by molar-refractivity contribution is 5.73. The highest BCUT2D eigenvalue weighted by atomic mass is 16.6. The van der Waals surface area contributed by atoms with E-state index in [0.717, 1.165) is 135 Å². The third-order valence-electron chi connectivity index (χ3n) is 15.5. The fourth-order valence-corrected chi connectivity index (χ4v) is 10.4. The SMILES string of the molecule is CCCCCCCCC(=O)OCC(COC(=O)CCCCCCCC)CC(=O)OC[C@H]1CCCC[C@@H](COC(=O)CC(COC(=O)CCCCCCCC)COC(=O)CCCCCCCC)N1C(=O)OCC1CCCCCN1C. The molecule has 458 valence electrons. The summed E-state index contributed by atoms with van der Waals surface area (Å²) in [7, 11) is 2.04. The van der Waals surface area contributed by atoms with Gasteiger partial charge in [-0.25, -0.2) is 4.79 Å². The number of rotatable bonds is 46. The lowest BCUT2D eigenvalue weighted by molar-refractivity contribution is -0.156. The maximum absolute atomic E-state index is 14.4. The second-order valence-corrected chi connectivity index (χ2v) is 22.9. The van der Waals surface area contributed by atoms with Crippen molar-refractivity contribution in [3.05, 3.63) is 0 Å². The van der Waals surface area contributed by atoms with Crippen molar-refractivity contribution in [1.82, 2.24) is 9.80 Å². The van der Waals surface area contributed by atoms with Gasteiger partial charge in [0.2, 0.25) is 0 Å². The Bertz CT molecular complexity index is 1470. The summed E-state index contributed by atoms with van der Waals surface area (Å²) in [6, 6.07) is -1.18. The maximum atomic E-state index is 14.4. The van der Waals surface area contributed by atoms with Gasteiger partial charge in [0.15, 0.2) is 0 Å². The van der Waals surface area contributed by atoms with Crippen LogP contribution in [0.1, 0.15) is 272 Å². The molecule has 2 rings (SSSR count). The standard InChI is InChI=1S/C63H112N2O14/c1-6-10-14-18-22-28-38-57(66)73-45-52(46-74-58(67)39-29-23-19-15-11-7-2)43-61(70)77-50-55-36-32-33-37-56(65(55)63(72)79-49-54-35-27-26-34-42-64(54)5)51-78-62(71)44-53(47-75-59(68)40-30-24-20-16-12-8-3)48-76-60(69)41-31-25-21-17-13-9-4/h52-56H,6-51H2,1-5H3/t54?,55-,56+. The van der Waals surface area contributed by atoms with E-state index in [0.29, 0.717) is 51.4 Å². The van der Waals surface area contributed by atoms with Crippen molar-refractivity contribution in [2.45, 2.75) is 290 Å². The molecule has 16 heteroatoms. The normalized spacial score (nSPS) is 16.9. The Kier molecular flexibility index (Phi) is 42.9. The summed E-state index contributed by atoms with van der Waals surface area (Å²) in [5, 5.41) is 0. The average Bonchev–Trinajstić information content (AvgIpc) is 3.83. The van der Waals surface area contributed by atoms with Crippen LogP contribution in [-0.2, 0) is 61.9 Å². The Morgan fingerprint density at radius 3 is 1.01 bits per heavy atom. The molecule has 0 aromatic carbocycles. The van der Waals surface area contributed by atoms with Gasteiger partial charge in [-0.1, -0.05) is 182 Å². The van der Waals surface area contributed by atoms with Crippen LogP contribution in [0.3, 0.4) is 0 Å². The van der Waals surface area contributed by atoms with Crippen LogP contribution in [-0.4, -0.2) is 130 Å². The van der Waals surface area contributed by atoms with E-state index in [4.69, 9.17) is 33.2 Å². The second-order valence-electron chi connectivity index (χ2n) is 22.9. The molecule has 0 bridgehead atoms. The van der Waals surface area contributed by atoms with Crippen molar-refractivity contribution < 1.29 is 66.7 Å². The maximum Gasteiger partial charge on any atom is 0.410 e. The Hall–Kier alpha value is -3.95. The smallest absolute Gasteiger partial charge is 0.410 e. The lowest BCUT2D eigenvalue weighted by Gasteiger charge is -2.36. The number of amides is 1. The van der Waals surface area contributed by atoms with E-state index in [1.54, 1.807) is 4.90 Å². The minimum Gasteiger partial charge on any atom is -0.465 e. The van der Waals surface area contributed by atoms with E-state index in [1.807, 2.05) is 7.05 Å². The zero-order chi connectivity index (χ0) is 57.6. The summed E-state index contributed by atoms with van der Waals surface area (Å²) in [6.07, 6.45) is 31.3. The van der Waals surface area contributed by atoms with Gasteiger partial charge >= 0.3 is 41.9 Å². The van der Waals surface area contributed by atoms with Crippen LogP contribution in [0.5, 0.6) is 0 Å². The van der Waals surface area contributed by atoms with Crippen LogP contribution in [0.2, 0.25) is 0 Å². The number of hydrogen-bond donors (Lipinski definition) is 0. The fraction of sp³-hybridized carbons (Fsp3) is 0.889. The second kappa shape index (κ2) is 47.7. The predicted octanol–water partition coefficient (Wildman–Crippen LogP) is 13.9. The Morgan fingerprint density at radius 1 is 0.354 bits per heavy atom. The van der Waals surface area contributed by atoms with Gasteiger partial charge in [-0.05, 0) is 65.0 Å². The van der Waals surface area contributed by atoms with Crippen molar-refractivity contribution in [2.75, 3.05) is 59.8 Å². The van der Waals surface area contributed by atoms with Gasteiger partial charge in [0.25, 0.3) is 0 Å². The molecular weight excluding hydrogens is 1010 g/mol. The first-order chi connectivity index (χ1) is 38.4. The molecule has 0 radical (unpaired) electrons. The van der Waals surface area contributed by atoms with Gasteiger partial charge < -0.3 is 38.1 Å². The van der Waals surface area contributed by atoms with Crippen LogP contribution in [0.15, 0.2) is 0 Å². The van der Waals surface area contributed by atoms with E-state index >= 15 is 0 Å². The van der Waals surface area contributed by atoms with Crippen LogP contribution in [0.4, 0.5) is 4.79 Å². The number of ether oxygens (including phenoxy) is 7. The number of likely N-dealkylation sites (tertiary alicyclic amines) is 2. The van der Waals surface area contributed by atoms with Crippen LogP contribution < -0.4 is 0 Å². The summed E-state index contributed by atoms with van der Waals surface area (Å²) >= 11 is 0. The average molecular weight is 1120 g/mol. The van der Waals surface area contributed by atoms with Crippen molar-refractivity contribution in [1.29, 1.82) is 0 Å². The zero-order valence-electron chi connectivity index (χ0n) is 50.5. The van der Waals surface area contributed by atoms with E-state index < -0.39 is 42.0 Å². The minimum atomic E-state index is -0.634. The van der Waals surface area contributed by atoms with Gasteiger partial charge in [0.1, 0.15) is 19.8 Å². The molecule has 0 spiro atoms. The first-order valence-electron chi connectivity index (χ1n) is 32.0. The molecule has 1 amide bonds. The van der Waals surface area contributed by atoms with E-state index in [9.17, 15) is 33.6 Å². The highest BCUT2D eigenvalue weighted by Crippen LogP contribution is 2.26. The largest absolute Gasteiger partial charge is 0.465 e. The van der Waals surface area contributed by atoms with Crippen molar-refractivity contribution in [3.8, 4) is 0 Å². The molecule has 79 heavy (non-hydrogen) atoms. The number of hydrogen-bond acceptors (Lipinski definition) is 15. The first kappa shape index (κ1) is 71.2. The van der Waals surface area contributed by atoms with Gasteiger partial charge in [0, 0.05) is 43.6 Å². The van der Waals surface area contributed by atoms with Gasteiger partial charge in [-0.2, -0.15) is 0 Å². The summed E-state index contributed by atoms with van der Waals surface area (Å²) < 4.78 is 40.6. The molecule has 2 aliphatic heterocycles. The number of carbonyl (C=O) groups excluding carboxylic acids is 7. The van der Waals surface area contributed by atoms with Crippen molar-refractivity contribution >= 4 is 41.9 Å². The van der Waals surface area contributed by atoms with Crippen LogP contribution in [0, 0.1) is 11.8 Å². The first-order valence-corrected chi connectivity index (χ1v) is 32.0. The van der Waals surface area contributed by atoms with Gasteiger partial charge in [-0.15, -0.1) is 0 Å². The molecule has 0 N–H and O–H groups in total. The Balaban J connectivity index is 2.21. The van der Waals surface area contributed by atoms with Gasteiger partial charge in [-0.3, -0.25) is 33.7 Å². The molecule has 0 aliphatic carbocycles. The lowest BCUT2D eigenvalue weighted by atomic mass is 10.1. The number of carbonyl (C=O) groups is 7. The molecule has 2 aliphatic rings. The van der Waals surface area contributed by atoms with E-state index in [-0.39, 0.29) is 115 Å². The summed E-state index contributed by atoms with van der Waals surface area (Å²) in [5.41, 5.74) is 0. The Morgan fingerprint density at radius 2 is 0.658 bits per heavy atom. The fourth-order valence-electron chi connectivity index (χ4n) is 10.4. The van der Waals surface area contributed by atoms with E-state index in [2.05, 4.69) is 32.6 Å². The lowest BCUT2D eigenvalue weighted by Crippen LogP contribution is -2.51. The van der Waals surface area contributed by atoms with Crippen LogP contribution >= 0.6 is 0 Å². The monoisotopic (exact) mass is 1120 g/mol. The van der Waals surface area contributed by atoms with Crippen molar-refractivity contribution in [3.63, 3.8) is 0 Å². The quantitative estimate of drug-likeness (QED) is 0.0317. The summed E-state index contributed by atoms with van der Waals surface area (Å²) in [4.78, 5) is 97.0. The summed E-state index contributed by atoms with van der Waals surface area (Å²) in [6.45, 7) is 8.99. The summed E-state index contributed by atoms with van der Waals surface area (Å²) in [5.74, 6) is -3.88. The minimum absolute atomic E-state index is 0.0411. The topological polar surface area (TPSA) is 191 Å². The molecule has 0 aromatic heterocycles. The Labute approximate surface area is 478 Å². The number of likely N-dealkylation sites (N-methyl/N-ethyl adjacent to an activating group) is 1. The van der Waals surface area contributed by atoms with Crippen molar-refractivity contribution in [2.24, 2.45) is 11.8 Å². The molecular formula is C63H112N2O14. The van der Waals surface area contributed by atoms with Crippen LogP contribution in [0.25, 0.3) is 0 Å². The molecule has 0 aromatic rings. The number of nitrogens with zero attached hydrogens (tertiary/aromatic N) is 2.